The Morgan fingerprint density at radius 2 is 2.08 bits per heavy atom. The molecule has 0 aromatic heterocycles. The summed E-state index contributed by atoms with van der Waals surface area (Å²) < 4.78 is 12.9. The van der Waals surface area contributed by atoms with Gasteiger partial charge in [0.05, 0.1) is 0 Å². The summed E-state index contributed by atoms with van der Waals surface area (Å²) in [6, 6.07) is 3.00. The van der Waals surface area contributed by atoms with Gasteiger partial charge in [0.15, 0.2) is 11.6 Å². The van der Waals surface area contributed by atoms with E-state index in [0.29, 0.717) is 11.1 Å². The fraction of sp³-hybridized carbons (Fsp3) is 0.200. The molecular weight excluding hydrogens is 155 g/mol. The van der Waals surface area contributed by atoms with E-state index < -0.39 is 5.82 Å². The minimum absolute atomic E-state index is 0.312. The number of rotatable bonds is 1. The van der Waals surface area contributed by atoms with Gasteiger partial charge in [-0.2, -0.15) is 0 Å². The standard InChI is InChI=1S/C10H11FO/c1-6(2)8-4-7(3)5-9(11)10(8)12/h4-5,12H,1H2,2-3H3. The van der Waals surface area contributed by atoms with Crippen LogP contribution in [-0.4, -0.2) is 5.11 Å². The Labute approximate surface area is 71.2 Å². The molecule has 1 aromatic rings. The maximum Gasteiger partial charge on any atom is 0.165 e. The Kier molecular flexibility index (Phi) is 2.18. The van der Waals surface area contributed by atoms with Crippen molar-refractivity contribution in [2.24, 2.45) is 0 Å². The van der Waals surface area contributed by atoms with Crippen molar-refractivity contribution >= 4 is 5.57 Å². The van der Waals surface area contributed by atoms with Gasteiger partial charge in [-0.1, -0.05) is 6.58 Å². The van der Waals surface area contributed by atoms with Crippen LogP contribution in [0.3, 0.4) is 0 Å². The molecule has 0 aliphatic carbocycles. The van der Waals surface area contributed by atoms with Crippen molar-refractivity contribution < 1.29 is 9.50 Å². The molecule has 0 bridgehead atoms. The van der Waals surface area contributed by atoms with Crippen molar-refractivity contribution in [3.05, 3.63) is 35.7 Å². The Morgan fingerprint density at radius 3 is 2.58 bits per heavy atom. The molecule has 0 saturated carbocycles. The van der Waals surface area contributed by atoms with E-state index in [9.17, 15) is 9.50 Å². The molecule has 0 amide bonds. The summed E-state index contributed by atoms with van der Waals surface area (Å²) in [6.45, 7) is 7.14. The van der Waals surface area contributed by atoms with E-state index >= 15 is 0 Å². The van der Waals surface area contributed by atoms with Crippen molar-refractivity contribution in [1.82, 2.24) is 0 Å². The van der Waals surface area contributed by atoms with E-state index in [1.807, 2.05) is 0 Å². The third-order valence-corrected chi connectivity index (χ3v) is 1.67. The van der Waals surface area contributed by atoms with Crippen LogP contribution in [0.1, 0.15) is 18.1 Å². The molecule has 0 aliphatic heterocycles. The predicted molar refractivity (Wildman–Crippen MR) is 47.5 cm³/mol. The smallest absolute Gasteiger partial charge is 0.165 e. The van der Waals surface area contributed by atoms with Crippen LogP contribution in [0.5, 0.6) is 5.75 Å². The maximum absolute atomic E-state index is 12.9. The lowest BCUT2D eigenvalue weighted by atomic mass is 10.0. The number of phenolic OH excluding ortho intramolecular Hbond substituents is 1. The van der Waals surface area contributed by atoms with Gasteiger partial charge in [-0.15, -0.1) is 0 Å². The second kappa shape index (κ2) is 2.97. The average molecular weight is 166 g/mol. The van der Waals surface area contributed by atoms with Crippen molar-refractivity contribution in [3.63, 3.8) is 0 Å². The van der Waals surface area contributed by atoms with E-state index in [2.05, 4.69) is 6.58 Å². The van der Waals surface area contributed by atoms with Crippen LogP contribution in [0.4, 0.5) is 4.39 Å². The monoisotopic (exact) mass is 166 g/mol. The first-order valence-electron chi connectivity index (χ1n) is 3.67. The Bertz CT molecular complexity index is 329. The van der Waals surface area contributed by atoms with E-state index in [1.165, 1.54) is 6.07 Å². The first-order chi connectivity index (χ1) is 5.52. The molecule has 0 aliphatic rings. The fourth-order valence-electron chi connectivity index (χ4n) is 1.06. The van der Waals surface area contributed by atoms with E-state index in [4.69, 9.17) is 0 Å². The van der Waals surface area contributed by atoms with Gasteiger partial charge < -0.3 is 5.11 Å². The molecule has 1 aromatic carbocycles. The van der Waals surface area contributed by atoms with Gasteiger partial charge in [-0.3, -0.25) is 0 Å². The van der Waals surface area contributed by atoms with E-state index in [-0.39, 0.29) is 5.75 Å². The van der Waals surface area contributed by atoms with E-state index in [0.717, 1.165) is 5.56 Å². The summed E-state index contributed by atoms with van der Waals surface area (Å²) in [5.41, 5.74) is 1.92. The first kappa shape index (κ1) is 8.78. The summed E-state index contributed by atoms with van der Waals surface area (Å²) in [5.74, 6) is -0.902. The second-order valence-electron chi connectivity index (χ2n) is 2.92. The third-order valence-electron chi connectivity index (χ3n) is 1.67. The zero-order valence-corrected chi connectivity index (χ0v) is 7.19. The molecule has 2 heteroatoms. The molecule has 1 nitrogen and oxygen atoms in total. The number of benzene rings is 1. The van der Waals surface area contributed by atoms with Crippen molar-refractivity contribution in [1.29, 1.82) is 0 Å². The third kappa shape index (κ3) is 1.47. The minimum atomic E-state index is -0.590. The molecule has 0 unspecified atom stereocenters. The predicted octanol–water partition coefficient (Wildman–Crippen LogP) is 2.87. The molecule has 0 radical (unpaired) electrons. The molecule has 1 N–H and O–H groups in total. The molecule has 0 heterocycles. The minimum Gasteiger partial charge on any atom is -0.504 e. The van der Waals surface area contributed by atoms with E-state index in [1.54, 1.807) is 19.9 Å². The van der Waals surface area contributed by atoms with Crippen LogP contribution in [-0.2, 0) is 0 Å². The number of aryl methyl sites for hydroxylation is 1. The lowest BCUT2D eigenvalue weighted by Crippen LogP contribution is -1.86. The normalized spacial score (nSPS) is 9.92. The number of phenols is 1. The van der Waals surface area contributed by atoms with Gasteiger partial charge in [0.2, 0.25) is 0 Å². The van der Waals surface area contributed by atoms with Crippen molar-refractivity contribution in [3.8, 4) is 5.75 Å². The highest BCUT2D eigenvalue weighted by atomic mass is 19.1. The maximum atomic E-state index is 12.9. The lowest BCUT2D eigenvalue weighted by Gasteiger charge is -2.05. The zero-order chi connectivity index (χ0) is 9.30. The molecule has 0 atom stereocenters. The summed E-state index contributed by atoms with van der Waals surface area (Å²) in [6.07, 6.45) is 0. The van der Waals surface area contributed by atoms with Gasteiger partial charge >= 0.3 is 0 Å². The highest BCUT2D eigenvalue weighted by molar-refractivity contribution is 5.67. The van der Waals surface area contributed by atoms with Gasteiger partial charge in [0.1, 0.15) is 0 Å². The van der Waals surface area contributed by atoms with Gasteiger partial charge in [-0.05, 0) is 37.1 Å². The highest BCUT2D eigenvalue weighted by Crippen LogP contribution is 2.27. The SMILES string of the molecule is C=C(C)c1cc(C)cc(F)c1O. The van der Waals surface area contributed by atoms with Crippen LogP contribution in [0.2, 0.25) is 0 Å². The summed E-state index contributed by atoms with van der Waals surface area (Å²) in [7, 11) is 0. The topological polar surface area (TPSA) is 20.2 Å². The molecular formula is C10H11FO. The van der Waals surface area contributed by atoms with Crippen LogP contribution in [0.15, 0.2) is 18.7 Å². The Balaban J connectivity index is 3.37. The van der Waals surface area contributed by atoms with Gasteiger partial charge in [0, 0.05) is 5.56 Å². The summed E-state index contributed by atoms with van der Waals surface area (Å²) >= 11 is 0. The van der Waals surface area contributed by atoms with Crippen LogP contribution < -0.4 is 0 Å². The number of aromatic hydroxyl groups is 1. The molecule has 12 heavy (non-hydrogen) atoms. The zero-order valence-electron chi connectivity index (χ0n) is 7.19. The molecule has 0 saturated heterocycles. The second-order valence-corrected chi connectivity index (χ2v) is 2.92. The lowest BCUT2D eigenvalue weighted by molar-refractivity contribution is 0.430. The largest absolute Gasteiger partial charge is 0.504 e. The average Bonchev–Trinajstić information content (AvgIpc) is 1.96. The number of hydrogen-bond acceptors (Lipinski definition) is 1. The van der Waals surface area contributed by atoms with Crippen LogP contribution >= 0.6 is 0 Å². The van der Waals surface area contributed by atoms with Gasteiger partial charge in [0.25, 0.3) is 0 Å². The van der Waals surface area contributed by atoms with Gasteiger partial charge in [-0.25, -0.2) is 4.39 Å². The highest BCUT2D eigenvalue weighted by Gasteiger charge is 2.07. The van der Waals surface area contributed by atoms with Crippen LogP contribution in [0, 0.1) is 12.7 Å². The fourth-order valence-corrected chi connectivity index (χ4v) is 1.06. The van der Waals surface area contributed by atoms with Crippen molar-refractivity contribution in [2.45, 2.75) is 13.8 Å². The molecule has 0 fully saturated rings. The number of halogens is 1. The summed E-state index contributed by atoms with van der Waals surface area (Å²) in [5, 5.41) is 9.26. The van der Waals surface area contributed by atoms with Crippen molar-refractivity contribution in [2.75, 3.05) is 0 Å². The van der Waals surface area contributed by atoms with Crippen LogP contribution in [0.25, 0.3) is 5.57 Å². The summed E-state index contributed by atoms with van der Waals surface area (Å²) in [4.78, 5) is 0. The number of hydrogen-bond donors (Lipinski definition) is 1. The molecule has 64 valence electrons. The Hall–Kier alpha value is -1.31. The quantitative estimate of drug-likeness (QED) is 0.680. The first-order valence-corrected chi connectivity index (χ1v) is 3.67. The Morgan fingerprint density at radius 1 is 1.50 bits per heavy atom. The molecule has 0 spiro atoms. The number of allylic oxidation sites excluding steroid dienone is 1. The molecule has 1 rings (SSSR count).